The van der Waals surface area contributed by atoms with Crippen LogP contribution in [0, 0.1) is 0 Å². The lowest BCUT2D eigenvalue weighted by Gasteiger charge is -2.32. The molecule has 0 radical (unpaired) electrons. The van der Waals surface area contributed by atoms with Gasteiger partial charge in [-0.15, -0.1) is 0 Å². The molecule has 2 aliphatic carbocycles. The standard InChI is InChI=1S/C53H37NO2/c1-52(2)42-21-9-4-15-34(42)37-28-27-32(30-45(37)52)54(47-24-14-20-40-38-18-7-12-25-48(38)56-51(40)47)33-29-41-39-19-8-13-26-49(39)55-50(41)46(31-33)53(3)43-22-10-5-16-35(43)36-17-6-11-23-44(36)53/h4-31H,1-3H3. The molecule has 56 heavy (non-hydrogen) atoms. The van der Waals surface area contributed by atoms with Gasteiger partial charge in [0.15, 0.2) is 5.58 Å². The molecular formula is C53H37NO2. The number of nitrogens with zero attached hydrogens (tertiary/aromatic N) is 1. The third kappa shape index (κ3) is 4.07. The second-order valence-electron chi connectivity index (χ2n) is 16.2. The van der Waals surface area contributed by atoms with Crippen molar-refractivity contribution in [2.75, 3.05) is 4.90 Å². The Hall–Kier alpha value is -6.84. The fraction of sp³-hybridized carbons (Fsp3) is 0.0943. The number of furan rings is 2. The maximum Gasteiger partial charge on any atom is 0.159 e. The van der Waals surface area contributed by atoms with Gasteiger partial charge in [0.05, 0.1) is 5.69 Å². The van der Waals surface area contributed by atoms with Crippen molar-refractivity contribution in [2.24, 2.45) is 0 Å². The molecule has 8 aromatic carbocycles. The van der Waals surface area contributed by atoms with E-state index in [1.807, 2.05) is 6.07 Å². The van der Waals surface area contributed by atoms with E-state index in [0.29, 0.717) is 0 Å². The van der Waals surface area contributed by atoms with Crippen molar-refractivity contribution in [3.63, 3.8) is 0 Å². The molecule has 0 unspecified atom stereocenters. The molecule has 12 rings (SSSR count). The monoisotopic (exact) mass is 719 g/mol. The molecule has 3 heteroatoms. The molecule has 2 heterocycles. The lowest BCUT2D eigenvalue weighted by molar-refractivity contribution is 0.638. The van der Waals surface area contributed by atoms with Crippen LogP contribution in [0.2, 0.25) is 0 Å². The normalized spacial score (nSPS) is 14.6. The van der Waals surface area contributed by atoms with Gasteiger partial charge in [0.2, 0.25) is 0 Å². The predicted octanol–water partition coefficient (Wildman–Crippen LogP) is 14.6. The molecule has 0 saturated heterocycles. The van der Waals surface area contributed by atoms with Crippen LogP contribution < -0.4 is 4.90 Å². The highest BCUT2D eigenvalue weighted by Crippen LogP contribution is 2.56. The molecule has 2 aromatic heterocycles. The van der Waals surface area contributed by atoms with Crippen molar-refractivity contribution in [3.8, 4) is 22.3 Å². The zero-order chi connectivity index (χ0) is 37.3. The third-order valence-electron chi connectivity index (χ3n) is 12.9. The molecule has 0 amide bonds. The van der Waals surface area contributed by atoms with Crippen LogP contribution in [0.4, 0.5) is 17.1 Å². The highest BCUT2D eigenvalue weighted by atomic mass is 16.3. The van der Waals surface area contributed by atoms with Crippen molar-refractivity contribution in [1.82, 2.24) is 0 Å². The molecule has 0 aliphatic heterocycles. The number of para-hydroxylation sites is 3. The maximum absolute atomic E-state index is 6.93. The number of fused-ring (bicyclic) bond motifs is 12. The van der Waals surface area contributed by atoms with Gasteiger partial charge in [-0.25, -0.2) is 0 Å². The van der Waals surface area contributed by atoms with E-state index < -0.39 is 5.41 Å². The SMILES string of the molecule is CC1(C)c2ccccc2-c2ccc(N(c3cc(C4(C)c5ccccc5-c5ccccc54)c4oc5ccccc5c4c3)c3cccc4c3oc3ccccc34)cc21. The highest BCUT2D eigenvalue weighted by Gasteiger charge is 2.43. The quantitative estimate of drug-likeness (QED) is 0.181. The van der Waals surface area contributed by atoms with Crippen LogP contribution in [0.1, 0.15) is 48.6 Å². The number of rotatable bonds is 4. The Labute approximate surface area is 325 Å². The predicted molar refractivity (Wildman–Crippen MR) is 231 cm³/mol. The molecule has 0 fully saturated rings. The van der Waals surface area contributed by atoms with E-state index >= 15 is 0 Å². The van der Waals surface area contributed by atoms with Crippen molar-refractivity contribution in [2.45, 2.75) is 31.6 Å². The summed E-state index contributed by atoms with van der Waals surface area (Å²) in [5.41, 5.74) is 17.5. The molecule has 10 aromatic rings. The fourth-order valence-electron chi connectivity index (χ4n) is 10.2. The van der Waals surface area contributed by atoms with Crippen LogP contribution in [0.5, 0.6) is 0 Å². The third-order valence-corrected chi connectivity index (χ3v) is 12.9. The molecule has 0 atom stereocenters. The summed E-state index contributed by atoms with van der Waals surface area (Å²) in [6, 6.07) is 61.7. The maximum atomic E-state index is 6.93. The Morgan fingerprint density at radius 2 is 0.893 bits per heavy atom. The van der Waals surface area contributed by atoms with Crippen LogP contribution in [0.25, 0.3) is 66.1 Å². The van der Waals surface area contributed by atoms with Crippen LogP contribution in [0.15, 0.2) is 179 Å². The van der Waals surface area contributed by atoms with Crippen molar-refractivity contribution in [1.29, 1.82) is 0 Å². The van der Waals surface area contributed by atoms with E-state index in [1.165, 1.54) is 44.5 Å². The minimum Gasteiger partial charge on any atom is -0.456 e. The molecule has 0 N–H and O–H groups in total. The summed E-state index contributed by atoms with van der Waals surface area (Å²) >= 11 is 0. The minimum absolute atomic E-state index is 0.167. The summed E-state index contributed by atoms with van der Waals surface area (Å²) in [6.07, 6.45) is 0. The highest BCUT2D eigenvalue weighted by molar-refractivity contribution is 6.12. The van der Waals surface area contributed by atoms with E-state index in [2.05, 4.69) is 189 Å². The number of benzene rings is 8. The number of anilines is 3. The fourth-order valence-corrected chi connectivity index (χ4v) is 10.2. The van der Waals surface area contributed by atoms with Crippen molar-refractivity contribution >= 4 is 60.9 Å². The second-order valence-corrected chi connectivity index (χ2v) is 16.2. The van der Waals surface area contributed by atoms with E-state index in [1.54, 1.807) is 0 Å². The first-order valence-corrected chi connectivity index (χ1v) is 19.5. The Kier molecular flexibility index (Phi) is 6.25. The van der Waals surface area contributed by atoms with Crippen LogP contribution in [0.3, 0.4) is 0 Å². The first-order chi connectivity index (χ1) is 27.4. The van der Waals surface area contributed by atoms with Gasteiger partial charge in [-0.2, -0.15) is 0 Å². The van der Waals surface area contributed by atoms with Gasteiger partial charge >= 0.3 is 0 Å². The lowest BCUT2D eigenvalue weighted by atomic mass is 9.73. The lowest BCUT2D eigenvalue weighted by Crippen LogP contribution is -2.23. The largest absolute Gasteiger partial charge is 0.456 e. The van der Waals surface area contributed by atoms with Gasteiger partial charge in [0.25, 0.3) is 0 Å². The first-order valence-electron chi connectivity index (χ1n) is 19.5. The van der Waals surface area contributed by atoms with Gasteiger partial charge in [-0.3, -0.25) is 0 Å². The van der Waals surface area contributed by atoms with Crippen molar-refractivity contribution in [3.05, 3.63) is 198 Å². The van der Waals surface area contributed by atoms with Crippen molar-refractivity contribution < 1.29 is 8.83 Å². The van der Waals surface area contributed by atoms with Gasteiger partial charge < -0.3 is 13.7 Å². The Morgan fingerprint density at radius 1 is 0.375 bits per heavy atom. The molecule has 0 spiro atoms. The second kappa shape index (κ2) is 11.1. The number of hydrogen-bond acceptors (Lipinski definition) is 3. The molecule has 0 saturated carbocycles. The van der Waals surface area contributed by atoms with E-state index in [-0.39, 0.29) is 5.41 Å². The summed E-state index contributed by atoms with van der Waals surface area (Å²) in [5.74, 6) is 0. The average Bonchev–Trinajstić information content (AvgIpc) is 3.95. The topological polar surface area (TPSA) is 29.5 Å². The number of hydrogen-bond donors (Lipinski definition) is 0. The summed E-state index contributed by atoms with van der Waals surface area (Å²) in [4.78, 5) is 2.42. The smallest absolute Gasteiger partial charge is 0.159 e. The average molecular weight is 720 g/mol. The van der Waals surface area contributed by atoms with E-state index in [0.717, 1.165) is 66.5 Å². The molecule has 3 nitrogen and oxygen atoms in total. The molecule has 2 aliphatic rings. The van der Waals surface area contributed by atoms with Crippen LogP contribution in [-0.2, 0) is 10.8 Å². The summed E-state index contributed by atoms with van der Waals surface area (Å²) in [7, 11) is 0. The van der Waals surface area contributed by atoms with Crippen LogP contribution >= 0.6 is 0 Å². The van der Waals surface area contributed by atoms with E-state index in [9.17, 15) is 0 Å². The summed E-state index contributed by atoms with van der Waals surface area (Å²) in [6.45, 7) is 7.08. The minimum atomic E-state index is -0.492. The summed E-state index contributed by atoms with van der Waals surface area (Å²) < 4.78 is 13.8. The molecule has 0 bridgehead atoms. The molecule has 266 valence electrons. The Morgan fingerprint density at radius 3 is 1.59 bits per heavy atom. The van der Waals surface area contributed by atoms with Gasteiger partial charge in [-0.1, -0.05) is 141 Å². The Bertz CT molecular complexity index is 3220. The zero-order valence-electron chi connectivity index (χ0n) is 31.4. The molecular weight excluding hydrogens is 683 g/mol. The van der Waals surface area contributed by atoms with E-state index in [4.69, 9.17) is 8.83 Å². The zero-order valence-corrected chi connectivity index (χ0v) is 31.4. The van der Waals surface area contributed by atoms with Gasteiger partial charge in [-0.05, 0) is 93.9 Å². The first kappa shape index (κ1) is 31.5. The van der Waals surface area contributed by atoms with Gasteiger partial charge in [0.1, 0.15) is 16.7 Å². The van der Waals surface area contributed by atoms with Gasteiger partial charge in [0, 0.05) is 49.3 Å². The summed E-state index contributed by atoms with van der Waals surface area (Å²) in [5, 5.41) is 4.39. The Balaban J connectivity index is 1.20. The van der Waals surface area contributed by atoms with Crippen LogP contribution in [-0.4, -0.2) is 0 Å².